The van der Waals surface area contributed by atoms with E-state index in [1.54, 1.807) is 0 Å². The second-order valence-corrected chi connectivity index (χ2v) is 9.63. The molecule has 0 spiro atoms. The maximum absolute atomic E-state index is 12.7. The highest BCUT2D eigenvalue weighted by Gasteiger charge is 2.34. The lowest BCUT2D eigenvalue weighted by Gasteiger charge is -2.35. The van der Waals surface area contributed by atoms with Crippen LogP contribution < -0.4 is 19.8 Å². The van der Waals surface area contributed by atoms with Gasteiger partial charge in [0.25, 0.3) is 5.91 Å². The predicted molar refractivity (Wildman–Crippen MR) is 118 cm³/mol. The highest BCUT2D eigenvalue weighted by atomic mass is 32.2. The normalized spacial score (nSPS) is 15.7. The van der Waals surface area contributed by atoms with Crippen LogP contribution in [0.4, 0.5) is 18.9 Å². The Morgan fingerprint density at radius 1 is 1.17 bits per heavy atom. The molecule has 2 aromatic carbocycles. The first-order chi connectivity index (χ1) is 16.4. The molecular formula is C21H23F3N4O6S. The molecule has 0 radical (unpaired) electrons. The summed E-state index contributed by atoms with van der Waals surface area (Å²) in [6.07, 6.45) is -3.53. The van der Waals surface area contributed by atoms with Crippen LogP contribution >= 0.6 is 0 Å². The zero-order chi connectivity index (χ0) is 25.8. The summed E-state index contributed by atoms with van der Waals surface area (Å²) in [7, 11) is -3.90. The number of sulfonamides is 1. The second-order valence-electron chi connectivity index (χ2n) is 7.72. The van der Waals surface area contributed by atoms with Crippen LogP contribution in [0.15, 0.2) is 48.5 Å². The lowest BCUT2D eigenvalue weighted by Crippen LogP contribution is -2.59. The van der Waals surface area contributed by atoms with Gasteiger partial charge in [-0.1, -0.05) is 0 Å². The minimum atomic E-state index is -4.47. The maximum Gasteiger partial charge on any atom is 0.416 e. The van der Waals surface area contributed by atoms with Gasteiger partial charge in [0.1, 0.15) is 17.5 Å². The van der Waals surface area contributed by atoms with Crippen molar-refractivity contribution in [3.05, 3.63) is 54.1 Å². The standard InChI is InChI=1S/C21H23F3N4O6S/c1-35(32,33)28(12-18(20(30)26-31)27-11-10-25-19(29)13-27)15-4-8-17(9-5-15)34-16-6-2-14(3-7-16)21(22,23)24/h2-9,18,31H,10-13H2,1H3,(H,25,29)(H,26,30). The fourth-order valence-electron chi connectivity index (χ4n) is 3.48. The summed E-state index contributed by atoms with van der Waals surface area (Å²) in [6, 6.07) is 8.54. The Labute approximate surface area is 199 Å². The van der Waals surface area contributed by atoms with E-state index >= 15 is 0 Å². The van der Waals surface area contributed by atoms with E-state index in [0.29, 0.717) is 0 Å². The second kappa shape index (κ2) is 10.5. The van der Waals surface area contributed by atoms with E-state index in [1.165, 1.54) is 34.6 Å². The summed E-state index contributed by atoms with van der Waals surface area (Å²) in [5.74, 6) is -0.841. The molecule has 1 aliphatic heterocycles. The fourth-order valence-corrected chi connectivity index (χ4v) is 4.40. The number of carbonyl (C=O) groups excluding carboxylic acids is 2. The number of halogens is 3. The average Bonchev–Trinajstić information content (AvgIpc) is 2.79. The van der Waals surface area contributed by atoms with Crippen LogP contribution in [0.5, 0.6) is 11.5 Å². The molecule has 10 nitrogen and oxygen atoms in total. The lowest BCUT2D eigenvalue weighted by molar-refractivity contribution is -0.138. The van der Waals surface area contributed by atoms with Crippen molar-refractivity contribution >= 4 is 27.5 Å². The molecule has 2 aromatic rings. The summed E-state index contributed by atoms with van der Waals surface area (Å²) < 4.78 is 69.6. The van der Waals surface area contributed by atoms with E-state index < -0.39 is 40.3 Å². The van der Waals surface area contributed by atoms with Crippen molar-refractivity contribution in [1.29, 1.82) is 0 Å². The van der Waals surface area contributed by atoms with Crippen LogP contribution in [0.3, 0.4) is 0 Å². The van der Waals surface area contributed by atoms with E-state index in [-0.39, 0.29) is 42.7 Å². The number of anilines is 1. The van der Waals surface area contributed by atoms with Gasteiger partial charge in [0.2, 0.25) is 15.9 Å². The van der Waals surface area contributed by atoms with Crippen molar-refractivity contribution in [3.63, 3.8) is 0 Å². The van der Waals surface area contributed by atoms with Crippen LogP contribution in [-0.4, -0.2) is 68.8 Å². The van der Waals surface area contributed by atoms with Crippen LogP contribution in [-0.2, 0) is 25.8 Å². The molecule has 1 atom stereocenters. The smallest absolute Gasteiger partial charge is 0.416 e. The molecule has 2 amide bonds. The monoisotopic (exact) mass is 516 g/mol. The summed E-state index contributed by atoms with van der Waals surface area (Å²) in [5, 5.41) is 11.8. The molecule has 1 aliphatic rings. The van der Waals surface area contributed by atoms with Crippen molar-refractivity contribution in [1.82, 2.24) is 15.7 Å². The van der Waals surface area contributed by atoms with Gasteiger partial charge in [0.15, 0.2) is 0 Å². The summed E-state index contributed by atoms with van der Waals surface area (Å²) in [6.45, 7) is -0.0303. The van der Waals surface area contributed by atoms with Gasteiger partial charge in [-0.25, -0.2) is 13.9 Å². The molecule has 190 valence electrons. The maximum atomic E-state index is 12.7. The zero-order valence-corrected chi connectivity index (χ0v) is 19.3. The van der Waals surface area contributed by atoms with E-state index in [1.807, 2.05) is 0 Å². The molecule has 14 heteroatoms. The highest BCUT2D eigenvalue weighted by Crippen LogP contribution is 2.32. The fraction of sp³-hybridized carbons (Fsp3) is 0.333. The molecule has 1 heterocycles. The molecule has 0 aliphatic carbocycles. The SMILES string of the molecule is CS(=O)(=O)N(CC(C(=O)NO)N1CCNC(=O)C1)c1ccc(Oc2ccc(C(F)(F)F)cc2)cc1. The number of ether oxygens (including phenoxy) is 1. The lowest BCUT2D eigenvalue weighted by atomic mass is 10.2. The topological polar surface area (TPSA) is 128 Å². The van der Waals surface area contributed by atoms with Crippen molar-refractivity contribution in [2.75, 3.05) is 36.7 Å². The average molecular weight is 516 g/mol. The number of hydrogen-bond acceptors (Lipinski definition) is 7. The van der Waals surface area contributed by atoms with Crippen LogP contribution in [0.25, 0.3) is 0 Å². The molecule has 1 saturated heterocycles. The number of alkyl halides is 3. The number of amides is 2. The third kappa shape index (κ3) is 6.83. The number of hydrogen-bond donors (Lipinski definition) is 3. The molecule has 0 bridgehead atoms. The van der Waals surface area contributed by atoms with Gasteiger partial charge in [0, 0.05) is 13.1 Å². The van der Waals surface area contributed by atoms with Gasteiger partial charge < -0.3 is 10.1 Å². The van der Waals surface area contributed by atoms with Gasteiger partial charge >= 0.3 is 6.18 Å². The Bertz CT molecular complexity index is 1160. The first kappa shape index (κ1) is 26.2. The van der Waals surface area contributed by atoms with E-state index in [2.05, 4.69) is 5.32 Å². The van der Waals surface area contributed by atoms with Gasteiger partial charge in [-0.15, -0.1) is 0 Å². The number of rotatable bonds is 8. The Balaban J connectivity index is 1.80. The van der Waals surface area contributed by atoms with Gasteiger partial charge in [-0.3, -0.25) is 24.0 Å². The summed E-state index contributed by atoms with van der Waals surface area (Å²) in [5.41, 5.74) is 0.859. The van der Waals surface area contributed by atoms with Gasteiger partial charge in [-0.05, 0) is 48.5 Å². The Kier molecular flexibility index (Phi) is 7.87. The van der Waals surface area contributed by atoms with Gasteiger partial charge in [0.05, 0.1) is 30.6 Å². The Hall–Kier alpha value is -3.36. The third-order valence-electron chi connectivity index (χ3n) is 5.20. The van der Waals surface area contributed by atoms with E-state index in [9.17, 15) is 31.2 Å². The first-order valence-electron chi connectivity index (χ1n) is 10.3. The number of nitrogens with one attached hydrogen (secondary N) is 2. The minimum Gasteiger partial charge on any atom is -0.457 e. The van der Waals surface area contributed by atoms with Crippen LogP contribution in [0.1, 0.15) is 5.56 Å². The molecule has 0 saturated carbocycles. The third-order valence-corrected chi connectivity index (χ3v) is 6.36. The molecule has 0 aromatic heterocycles. The van der Waals surface area contributed by atoms with E-state index in [4.69, 9.17) is 9.94 Å². The van der Waals surface area contributed by atoms with Gasteiger partial charge in [-0.2, -0.15) is 13.2 Å². The largest absolute Gasteiger partial charge is 0.457 e. The molecule has 35 heavy (non-hydrogen) atoms. The summed E-state index contributed by atoms with van der Waals surface area (Å²) >= 11 is 0. The highest BCUT2D eigenvalue weighted by molar-refractivity contribution is 7.92. The van der Waals surface area contributed by atoms with Crippen molar-refractivity contribution in [2.45, 2.75) is 12.2 Å². The number of piperazine rings is 1. The number of hydroxylamine groups is 1. The number of benzene rings is 2. The molecule has 3 N–H and O–H groups in total. The number of nitrogens with zero attached hydrogens (tertiary/aromatic N) is 2. The van der Waals surface area contributed by atoms with Crippen LogP contribution in [0, 0.1) is 0 Å². The predicted octanol–water partition coefficient (Wildman–Crippen LogP) is 1.57. The molecule has 1 fully saturated rings. The van der Waals surface area contributed by atoms with Crippen LogP contribution in [0.2, 0.25) is 0 Å². The number of carbonyl (C=O) groups is 2. The quantitative estimate of drug-likeness (QED) is 0.359. The first-order valence-corrected chi connectivity index (χ1v) is 12.1. The molecular weight excluding hydrogens is 493 g/mol. The molecule has 3 rings (SSSR count). The van der Waals surface area contributed by atoms with Crippen molar-refractivity contribution < 1.29 is 41.1 Å². The molecule has 1 unspecified atom stereocenters. The van der Waals surface area contributed by atoms with E-state index in [0.717, 1.165) is 34.8 Å². The summed E-state index contributed by atoms with van der Waals surface area (Å²) in [4.78, 5) is 25.5. The van der Waals surface area contributed by atoms with Crippen molar-refractivity contribution in [2.24, 2.45) is 0 Å². The Morgan fingerprint density at radius 2 is 1.74 bits per heavy atom. The van der Waals surface area contributed by atoms with Crippen molar-refractivity contribution in [3.8, 4) is 11.5 Å². The Morgan fingerprint density at radius 3 is 2.23 bits per heavy atom. The zero-order valence-electron chi connectivity index (χ0n) is 18.4. The minimum absolute atomic E-state index is 0.147.